The molecule has 1 aromatic heterocycles. The highest BCUT2D eigenvalue weighted by Crippen LogP contribution is 2.22. The predicted octanol–water partition coefficient (Wildman–Crippen LogP) is 1.46. The van der Waals surface area contributed by atoms with E-state index in [0.29, 0.717) is 12.1 Å². The number of nitrogens with zero attached hydrogens (tertiary/aromatic N) is 2. The molecule has 0 aliphatic heterocycles. The molecule has 0 spiro atoms. The number of benzene rings is 1. The van der Waals surface area contributed by atoms with Gasteiger partial charge in [-0.1, -0.05) is 19.1 Å². The smallest absolute Gasteiger partial charge is 0.308 e. The molecule has 0 saturated carbocycles. The maximum atomic E-state index is 10.7. The van der Waals surface area contributed by atoms with Crippen molar-refractivity contribution in [1.82, 2.24) is 9.78 Å². The number of phenols is 1. The summed E-state index contributed by atoms with van der Waals surface area (Å²) in [6.45, 7) is 1.91. The Hall–Kier alpha value is -2.04. The highest BCUT2D eigenvalue weighted by molar-refractivity contribution is 5.83. The van der Waals surface area contributed by atoms with Gasteiger partial charge in [-0.3, -0.25) is 9.48 Å². The Morgan fingerprint density at radius 2 is 2.31 bits per heavy atom. The Morgan fingerprint density at radius 3 is 2.94 bits per heavy atom. The van der Waals surface area contributed by atoms with E-state index in [0.717, 1.165) is 5.39 Å². The summed E-state index contributed by atoms with van der Waals surface area (Å²) in [6, 6.07) is 5.11. The lowest BCUT2D eigenvalue weighted by Gasteiger charge is -2.04. The molecule has 0 aliphatic rings. The van der Waals surface area contributed by atoms with Crippen molar-refractivity contribution in [1.29, 1.82) is 0 Å². The number of carboxylic acid groups (broad SMARTS) is 1. The van der Waals surface area contributed by atoms with Gasteiger partial charge in [-0.05, 0) is 6.07 Å². The first-order chi connectivity index (χ1) is 7.58. The van der Waals surface area contributed by atoms with E-state index in [-0.39, 0.29) is 5.75 Å². The Bertz CT molecular complexity index is 533. The van der Waals surface area contributed by atoms with E-state index < -0.39 is 11.9 Å². The largest absolute Gasteiger partial charge is 0.506 e. The van der Waals surface area contributed by atoms with Crippen LogP contribution in [0.4, 0.5) is 0 Å². The van der Waals surface area contributed by atoms with Gasteiger partial charge in [0.25, 0.3) is 0 Å². The summed E-state index contributed by atoms with van der Waals surface area (Å²) in [7, 11) is 0. The summed E-state index contributed by atoms with van der Waals surface area (Å²) in [5, 5.41) is 23.3. The van der Waals surface area contributed by atoms with Gasteiger partial charge >= 0.3 is 5.97 Å². The maximum absolute atomic E-state index is 10.7. The van der Waals surface area contributed by atoms with E-state index in [1.807, 2.05) is 6.07 Å². The second-order valence-electron chi connectivity index (χ2n) is 3.81. The SMILES string of the molecule is CC(Cn1cc2cccc(O)c2n1)C(=O)O. The van der Waals surface area contributed by atoms with E-state index >= 15 is 0 Å². The van der Waals surface area contributed by atoms with Crippen molar-refractivity contribution >= 4 is 16.9 Å². The molecule has 84 valence electrons. The number of aromatic hydroxyl groups is 1. The van der Waals surface area contributed by atoms with E-state index in [1.54, 1.807) is 29.9 Å². The van der Waals surface area contributed by atoms with Crippen LogP contribution < -0.4 is 0 Å². The van der Waals surface area contributed by atoms with Crippen molar-refractivity contribution in [3.63, 3.8) is 0 Å². The van der Waals surface area contributed by atoms with Crippen LogP contribution in [0.3, 0.4) is 0 Å². The molecule has 5 nitrogen and oxygen atoms in total. The molecule has 0 radical (unpaired) electrons. The van der Waals surface area contributed by atoms with Gasteiger partial charge in [0.2, 0.25) is 0 Å². The first kappa shape index (κ1) is 10.5. The fraction of sp³-hybridized carbons (Fsp3) is 0.273. The molecule has 2 rings (SSSR count). The van der Waals surface area contributed by atoms with Crippen LogP contribution in [0.2, 0.25) is 0 Å². The third-order valence-corrected chi connectivity index (χ3v) is 2.44. The van der Waals surface area contributed by atoms with Gasteiger partial charge in [-0.2, -0.15) is 5.10 Å². The molecule has 1 heterocycles. The molecule has 2 aromatic rings. The lowest BCUT2D eigenvalue weighted by molar-refractivity contribution is -0.141. The monoisotopic (exact) mass is 220 g/mol. The van der Waals surface area contributed by atoms with Crippen molar-refractivity contribution in [3.05, 3.63) is 24.4 Å². The number of aliphatic carboxylic acids is 1. The molecule has 5 heteroatoms. The van der Waals surface area contributed by atoms with Gasteiger partial charge in [0.1, 0.15) is 11.3 Å². The minimum Gasteiger partial charge on any atom is -0.506 e. The van der Waals surface area contributed by atoms with Crippen molar-refractivity contribution in [2.75, 3.05) is 0 Å². The number of carbonyl (C=O) groups is 1. The number of fused-ring (bicyclic) bond motifs is 1. The summed E-state index contributed by atoms with van der Waals surface area (Å²) < 4.78 is 1.54. The summed E-state index contributed by atoms with van der Waals surface area (Å²) in [5.74, 6) is -1.25. The zero-order valence-electron chi connectivity index (χ0n) is 8.79. The van der Waals surface area contributed by atoms with E-state index in [9.17, 15) is 9.90 Å². The van der Waals surface area contributed by atoms with Crippen LogP contribution in [0, 0.1) is 5.92 Å². The zero-order chi connectivity index (χ0) is 11.7. The van der Waals surface area contributed by atoms with E-state index in [2.05, 4.69) is 5.10 Å². The van der Waals surface area contributed by atoms with Crippen molar-refractivity contribution < 1.29 is 15.0 Å². The second-order valence-corrected chi connectivity index (χ2v) is 3.81. The van der Waals surface area contributed by atoms with Crippen LogP contribution in [0.25, 0.3) is 10.9 Å². The minimum absolute atomic E-state index is 0.110. The number of aromatic nitrogens is 2. The average Bonchev–Trinajstić information content (AvgIpc) is 2.61. The molecule has 0 amide bonds. The molecular formula is C11H12N2O3. The molecule has 0 bridgehead atoms. The Morgan fingerprint density at radius 1 is 1.56 bits per heavy atom. The zero-order valence-corrected chi connectivity index (χ0v) is 8.79. The summed E-state index contributed by atoms with van der Waals surface area (Å²) in [6.07, 6.45) is 1.73. The van der Waals surface area contributed by atoms with Crippen molar-refractivity contribution in [2.24, 2.45) is 5.92 Å². The third kappa shape index (κ3) is 1.84. The Balaban J connectivity index is 2.33. The Labute approximate surface area is 91.9 Å². The average molecular weight is 220 g/mol. The molecule has 2 N–H and O–H groups in total. The molecule has 0 fully saturated rings. The van der Waals surface area contributed by atoms with Crippen LogP contribution in [0.1, 0.15) is 6.92 Å². The normalized spacial score (nSPS) is 12.8. The topological polar surface area (TPSA) is 75.3 Å². The molecule has 1 unspecified atom stereocenters. The Kier molecular flexibility index (Phi) is 2.52. The lowest BCUT2D eigenvalue weighted by Crippen LogP contribution is -2.16. The van der Waals surface area contributed by atoms with Gasteiger partial charge in [0, 0.05) is 11.6 Å². The van der Waals surface area contributed by atoms with Crippen LogP contribution in [-0.2, 0) is 11.3 Å². The van der Waals surface area contributed by atoms with Crippen LogP contribution in [0.15, 0.2) is 24.4 Å². The standard InChI is InChI=1S/C11H12N2O3/c1-7(11(15)16)5-13-6-8-3-2-4-9(14)10(8)12-13/h2-4,6-7,14H,5H2,1H3,(H,15,16). The van der Waals surface area contributed by atoms with Gasteiger partial charge in [-0.15, -0.1) is 0 Å². The van der Waals surface area contributed by atoms with Crippen LogP contribution in [0.5, 0.6) is 5.75 Å². The molecule has 1 aromatic carbocycles. The van der Waals surface area contributed by atoms with Crippen LogP contribution >= 0.6 is 0 Å². The van der Waals surface area contributed by atoms with Gasteiger partial charge in [0.05, 0.1) is 12.5 Å². The van der Waals surface area contributed by atoms with E-state index in [4.69, 9.17) is 5.11 Å². The summed E-state index contributed by atoms with van der Waals surface area (Å²) in [5.41, 5.74) is 0.500. The highest BCUT2D eigenvalue weighted by Gasteiger charge is 2.13. The number of hydrogen-bond donors (Lipinski definition) is 2. The van der Waals surface area contributed by atoms with Gasteiger partial charge < -0.3 is 10.2 Å². The molecule has 1 atom stereocenters. The predicted molar refractivity (Wildman–Crippen MR) is 58.2 cm³/mol. The number of rotatable bonds is 3. The second kappa shape index (κ2) is 3.84. The summed E-state index contributed by atoms with van der Waals surface area (Å²) in [4.78, 5) is 10.7. The molecule has 0 aliphatic carbocycles. The molecule has 16 heavy (non-hydrogen) atoms. The number of phenolic OH excluding ortho intramolecular Hbond substituents is 1. The van der Waals surface area contributed by atoms with Gasteiger partial charge in [0.15, 0.2) is 0 Å². The van der Waals surface area contributed by atoms with Crippen molar-refractivity contribution in [2.45, 2.75) is 13.5 Å². The molecule has 0 saturated heterocycles. The quantitative estimate of drug-likeness (QED) is 0.821. The number of carboxylic acids is 1. The van der Waals surface area contributed by atoms with E-state index in [1.165, 1.54) is 0 Å². The number of hydrogen-bond acceptors (Lipinski definition) is 3. The third-order valence-electron chi connectivity index (χ3n) is 2.44. The highest BCUT2D eigenvalue weighted by atomic mass is 16.4. The minimum atomic E-state index is -0.858. The van der Waals surface area contributed by atoms with Gasteiger partial charge in [-0.25, -0.2) is 0 Å². The van der Waals surface area contributed by atoms with Crippen molar-refractivity contribution in [3.8, 4) is 5.75 Å². The first-order valence-electron chi connectivity index (χ1n) is 4.96. The summed E-state index contributed by atoms with van der Waals surface area (Å²) >= 11 is 0. The maximum Gasteiger partial charge on any atom is 0.308 e. The fourth-order valence-electron chi connectivity index (χ4n) is 1.53. The van der Waals surface area contributed by atoms with Crippen LogP contribution in [-0.4, -0.2) is 26.0 Å². The molecular weight excluding hydrogens is 208 g/mol. The fourth-order valence-corrected chi connectivity index (χ4v) is 1.53. The first-order valence-corrected chi connectivity index (χ1v) is 4.96. The lowest BCUT2D eigenvalue weighted by atomic mass is 10.2.